The van der Waals surface area contributed by atoms with E-state index in [1.165, 1.54) is 41.7 Å². The third-order valence-corrected chi connectivity index (χ3v) is 6.27. The van der Waals surface area contributed by atoms with Gasteiger partial charge in [0.25, 0.3) is 5.91 Å². The van der Waals surface area contributed by atoms with E-state index < -0.39 is 0 Å². The van der Waals surface area contributed by atoms with Gasteiger partial charge in [-0.3, -0.25) is 9.69 Å². The SMILES string of the molecule is Cc1ccc(OCC(=O)NCC(c2cccs2)N2CCCCCC2)cc1C.Cl. The number of halogens is 1. The number of carbonyl (C=O) groups excluding carboxylic acids is 1. The predicted octanol–water partition coefficient (Wildman–Crippen LogP) is 4.90. The summed E-state index contributed by atoms with van der Waals surface area (Å²) in [4.78, 5) is 16.2. The Morgan fingerprint density at radius 1 is 1.14 bits per heavy atom. The summed E-state index contributed by atoms with van der Waals surface area (Å²) >= 11 is 1.77. The number of ether oxygens (including phenoxy) is 1. The molecule has 1 aromatic carbocycles. The first-order chi connectivity index (χ1) is 13.1. The van der Waals surface area contributed by atoms with Gasteiger partial charge in [0.1, 0.15) is 5.75 Å². The Kier molecular flexibility index (Phi) is 9.29. The van der Waals surface area contributed by atoms with E-state index in [9.17, 15) is 4.79 Å². The first-order valence-corrected chi connectivity index (χ1v) is 10.8. The maximum absolute atomic E-state index is 12.3. The van der Waals surface area contributed by atoms with E-state index in [0.29, 0.717) is 6.54 Å². The summed E-state index contributed by atoms with van der Waals surface area (Å²) in [6.07, 6.45) is 5.10. The highest BCUT2D eigenvalue weighted by atomic mass is 35.5. The molecular weight excluding hydrogens is 392 g/mol. The monoisotopic (exact) mass is 422 g/mol. The Morgan fingerprint density at radius 3 is 2.54 bits per heavy atom. The number of aryl methyl sites for hydroxylation is 2. The largest absolute Gasteiger partial charge is 0.484 e. The average molecular weight is 423 g/mol. The van der Waals surface area contributed by atoms with Crippen molar-refractivity contribution < 1.29 is 9.53 Å². The van der Waals surface area contributed by atoms with Crippen LogP contribution in [0.4, 0.5) is 0 Å². The van der Waals surface area contributed by atoms with Crippen molar-refractivity contribution in [1.29, 1.82) is 0 Å². The summed E-state index contributed by atoms with van der Waals surface area (Å²) in [5.41, 5.74) is 2.40. The molecule has 154 valence electrons. The van der Waals surface area contributed by atoms with Gasteiger partial charge in [-0.15, -0.1) is 23.7 Å². The van der Waals surface area contributed by atoms with Crippen molar-refractivity contribution in [2.75, 3.05) is 26.2 Å². The van der Waals surface area contributed by atoms with E-state index in [0.717, 1.165) is 18.8 Å². The lowest BCUT2D eigenvalue weighted by atomic mass is 10.1. The number of carbonyl (C=O) groups is 1. The molecule has 1 fully saturated rings. The second-order valence-corrected chi connectivity index (χ2v) is 8.30. The fraction of sp³-hybridized carbons (Fsp3) is 0.500. The maximum atomic E-state index is 12.3. The minimum atomic E-state index is -0.0652. The number of nitrogens with zero attached hydrogens (tertiary/aromatic N) is 1. The van der Waals surface area contributed by atoms with Gasteiger partial charge in [-0.25, -0.2) is 0 Å². The number of amides is 1. The highest BCUT2D eigenvalue weighted by Gasteiger charge is 2.23. The number of rotatable bonds is 7. The zero-order valence-electron chi connectivity index (χ0n) is 16.8. The smallest absolute Gasteiger partial charge is 0.258 e. The lowest BCUT2D eigenvalue weighted by Crippen LogP contribution is -2.39. The van der Waals surface area contributed by atoms with Crippen LogP contribution in [-0.4, -0.2) is 37.0 Å². The number of likely N-dealkylation sites (tertiary alicyclic amines) is 1. The van der Waals surface area contributed by atoms with Crippen molar-refractivity contribution in [3.8, 4) is 5.75 Å². The first kappa shape index (κ1) is 22.7. The summed E-state index contributed by atoms with van der Waals surface area (Å²) in [6.45, 7) is 7.03. The van der Waals surface area contributed by atoms with Crippen LogP contribution in [0.5, 0.6) is 5.75 Å². The van der Waals surface area contributed by atoms with Crippen LogP contribution in [0.3, 0.4) is 0 Å². The fourth-order valence-corrected chi connectivity index (χ4v) is 4.37. The maximum Gasteiger partial charge on any atom is 0.258 e. The molecule has 1 atom stereocenters. The van der Waals surface area contributed by atoms with E-state index >= 15 is 0 Å². The van der Waals surface area contributed by atoms with E-state index in [2.05, 4.69) is 41.6 Å². The van der Waals surface area contributed by atoms with E-state index in [1.807, 2.05) is 18.2 Å². The molecular formula is C22H31ClN2O2S. The molecule has 2 aromatic rings. The molecule has 6 heteroatoms. The highest BCUT2D eigenvalue weighted by Crippen LogP contribution is 2.27. The minimum absolute atomic E-state index is 0. The molecule has 4 nitrogen and oxygen atoms in total. The van der Waals surface area contributed by atoms with Crippen LogP contribution >= 0.6 is 23.7 Å². The van der Waals surface area contributed by atoms with Crippen molar-refractivity contribution in [2.24, 2.45) is 0 Å². The van der Waals surface area contributed by atoms with E-state index in [1.54, 1.807) is 11.3 Å². The molecule has 3 rings (SSSR count). The zero-order valence-corrected chi connectivity index (χ0v) is 18.4. The van der Waals surface area contributed by atoms with Gasteiger partial charge in [-0.1, -0.05) is 25.0 Å². The number of benzene rings is 1. The van der Waals surface area contributed by atoms with Crippen LogP contribution in [0.1, 0.15) is 47.7 Å². The van der Waals surface area contributed by atoms with Gasteiger partial charge in [0.15, 0.2) is 6.61 Å². The number of hydrogen-bond acceptors (Lipinski definition) is 4. The average Bonchev–Trinajstić information content (AvgIpc) is 3.06. The molecule has 1 aliphatic heterocycles. The molecule has 1 unspecified atom stereocenters. The minimum Gasteiger partial charge on any atom is -0.484 e. The van der Waals surface area contributed by atoms with Crippen LogP contribution in [0, 0.1) is 13.8 Å². The molecule has 1 aromatic heterocycles. The fourth-order valence-electron chi connectivity index (χ4n) is 3.51. The molecule has 1 aliphatic rings. The highest BCUT2D eigenvalue weighted by molar-refractivity contribution is 7.10. The molecule has 1 N–H and O–H groups in total. The molecule has 1 amide bonds. The quantitative estimate of drug-likeness (QED) is 0.690. The van der Waals surface area contributed by atoms with Gasteiger partial charge in [0.2, 0.25) is 0 Å². The van der Waals surface area contributed by atoms with Crippen molar-refractivity contribution >= 4 is 29.7 Å². The molecule has 0 aliphatic carbocycles. The summed E-state index contributed by atoms with van der Waals surface area (Å²) in [5, 5.41) is 5.20. The second kappa shape index (κ2) is 11.4. The predicted molar refractivity (Wildman–Crippen MR) is 119 cm³/mol. The summed E-state index contributed by atoms with van der Waals surface area (Å²) in [6, 6.07) is 10.5. The number of hydrogen-bond donors (Lipinski definition) is 1. The normalized spacial score (nSPS) is 15.9. The van der Waals surface area contributed by atoms with Gasteiger partial charge in [-0.05, 0) is 74.5 Å². The zero-order chi connectivity index (χ0) is 19.1. The Hall–Kier alpha value is -1.56. The van der Waals surface area contributed by atoms with E-state index in [4.69, 9.17) is 4.74 Å². The van der Waals surface area contributed by atoms with Crippen molar-refractivity contribution in [2.45, 2.75) is 45.6 Å². The lowest BCUT2D eigenvalue weighted by molar-refractivity contribution is -0.123. The number of nitrogens with one attached hydrogen (secondary N) is 1. The topological polar surface area (TPSA) is 41.6 Å². The third kappa shape index (κ3) is 6.50. The van der Waals surface area contributed by atoms with Gasteiger partial charge in [0, 0.05) is 11.4 Å². The standard InChI is InChI=1S/C22H30N2O2S.ClH/c1-17-9-10-19(14-18(17)2)26-16-22(25)23-15-20(21-8-7-13-27-21)24-11-5-3-4-6-12-24;/h7-10,13-14,20H,3-6,11-12,15-16H2,1-2H3,(H,23,25);1H. The number of thiophene rings is 1. The summed E-state index contributed by atoms with van der Waals surface area (Å²) in [5.74, 6) is 0.681. The Labute approximate surface area is 178 Å². The van der Waals surface area contributed by atoms with Gasteiger partial charge in [0.05, 0.1) is 6.04 Å². The molecule has 0 radical (unpaired) electrons. The van der Waals surface area contributed by atoms with Crippen LogP contribution < -0.4 is 10.1 Å². The summed E-state index contributed by atoms with van der Waals surface area (Å²) in [7, 11) is 0. The molecule has 28 heavy (non-hydrogen) atoms. The molecule has 2 heterocycles. The van der Waals surface area contributed by atoms with Crippen molar-refractivity contribution in [1.82, 2.24) is 10.2 Å². The second-order valence-electron chi connectivity index (χ2n) is 7.32. The van der Waals surface area contributed by atoms with Crippen LogP contribution in [0.15, 0.2) is 35.7 Å². The van der Waals surface area contributed by atoms with Crippen molar-refractivity contribution in [3.63, 3.8) is 0 Å². The molecule has 0 bridgehead atoms. The Morgan fingerprint density at radius 2 is 1.89 bits per heavy atom. The van der Waals surface area contributed by atoms with E-state index in [-0.39, 0.29) is 31.0 Å². The third-order valence-electron chi connectivity index (χ3n) is 5.29. The Balaban J connectivity index is 0.00000280. The van der Waals surface area contributed by atoms with Gasteiger partial charge < -0.3 is 10.1 Å². The molecule has 1 saturated heterocycles. The first-order valence-electron chi connectivity index (χ1n) is 9.87. The Bertz CT molecular complexity index is 728. The lowest BCUT2D eigenvalue weighted by Gasteiger charge is -2.30. The molecule has 0 spiro atoms. The van der Waals surface area contributed by atoms with Crippen LogP contribution in [0.2, 0.25) is 0 Å². The van der Waals surface area contributed by atoms with Crippen LogP contribution in [0.25, 0.3) is 0 Å². The molecule has 0 saturated carbocycles. The van der Waals surface area contributed by atoms with Crippen molar-refractivity contribution in [3.05, 3.63) is 51.7 Å². The van der Waals surface area contributed by atoms with Crippen LogP contribution in [-0.2, 0) is 4.79 Å². The van der Waals surface area contributed by atoms with Gasteiger partial charge in [-0.2, -0.15) is 0 Å². The van der Waals surface area contributed by atoms with Gasteiger partial charge >= 0.3 is 0 Å². The summed E-state index contributed by atoms with van der Waals surface area (Å²) < 4.78 is 5.67.